The Morgan fingerprint density at radius 2 is 1.95 bits per heavy atom. The molecule has 0 radical (unpaired) electrons. The largest absolute Gasteiger partial charge is 0.249 e. The molecule has 0 aliphatic rings. The normalized spacial score (nSPS) is 10.9. The first-order valence-electron chi connectivity index (χ1n) is 6.97. The lowest BCUT2D eigenvalue weighted by Gasteiger charge is -2.00. The Hall–Kier alpha value is -1.83. The van der Waals surface area contributed by atoms with E-state index < -0.39 is 0 Å². The summed E-state index contributed by atoms with van der Waals surface area (Å²) in [4.78, 5) is 0. The molecular formula is C17H23N2+. The maximum Gasteiger partial charge on any atom is 0.249 e. The first-order valence-corrected chi connectivity index (χ1v) is 6.97. The van der Waals surface area contributed by atoms with Gasteiger partial charge in [0.15, 0.2) is 5.69 Å². The highest BCUT2D eigenvalue weighted by molar-refractivity contribution is 5.46. The summed E-state index contributed by atoms with van der Waals surface area (Å²) < 4.78 is 4.42. The van der Waals surface area contributed by atoms with E-state index in [1.165, 1.54) is 11.3 Å². The Bertz CT molecular complexity index is 547. The second-order valence-electron chi connectivity index (χ2n) is 5.35. The van der Waals surface area contributed by atoms with E-state index in [0.717, 1.165) is 18.7 Å². The fourth-order valence-corrected chi connectivity index (χ4v) is 2.26. The van der Waals surface area contributed by atoms with Crippen molar-refractivity contribution in [1.29, 1.82) is 0 Å². The minimum atomic E-state index is 0.640. The average Bonchev–Trinajstić information content (AvgIpc) is 2.81. The van der Waals surface area contributed by atoms with E-state index in [1.807, 2.05) is 6.08 Å². The number of imidazole rings is 1. The highest BCUT2D eigenvalue weighted by Crippen LogP contribution is 2.13. The molecule has 0 spiro atoms. The molecule has 0 fully saturated rings. The molecule has 0 saturated heterocycles. The molecule has 2 rings (SSSR count). The SMILES string of the molecule is C=Cc1c[n+](CC(C)C)cn1-c1ccc(CC)cc1. The number of aryl methyl sites for hydroxylation is 1. The van der Waals surface area contributed by atoms with Gasteiger partial charge in [-0.15, -0.1) is 0 Å². The molecule has 0 N–H and O–H groups in total. The summed E-state index contributed by atoms with van der Waals surface area (Å²) in [5.74, 6) is 0.640. The molecule has 1 aromatic carbocycles. The Labute approximate surface area is 116 Å². The van der Waals surface area contributed by atoms with Crippen molar-refractivity contribution in [3.05, 3.63) is 54.6 Å². The van der Waals surface area contributed by atoms with Crippen LogP contribution in [0.2, 0.25) is 0 Å². The van der Waals surface area contributed by atoms with Gasteiger partial charge in [-0.2, -0.15) is 4.57 Å². The van der Waals surface area contributed by atoms with Crippen LogP contribution in [0.3, 0.4) is 0 Å². The van der Waals surface area contributed by atoms with Gasteiger partial charge in [0.05, 0.1) is 6.54 Å². The van der Waals surface area contributed by atoms with E-state index in [1.54, 1.807) is 0 Å². The molecule has 2 nitrogen and oxygen atoms in total. The number of rotatable bonds is 5. The molecule has 1 heterocycles. The van der Waals surface area contributed by atoms with Crippen molar-refractivity contribution in [2.24, 2.45) is 5.92 Å². The van der Waals surface area contributed by atoms with Crippen molar-refractivity contribution in [3.63, 3.8) is 0 Å². The van der Waals surface area contributed by atoms with Crippen molar-refractivity contribution in [2.75, 3.05) is 0 Å². The van der Waals surface area contributed by atoms with Crippen molar-refractivity contribution in [3.8, 4) is 5.69 Å². The predicted molar refractivity (Wildman–Crippen MR) is 80.3 cm³/mol. The average molecular weight is 255 g/mol. The van der Waals surface area contributed by atoms with Gasteiger partial charge in [-0.05, 0) is 36.1 Å². The molecule has 1 aromatic heterocycles. The molecule has 0 saturated carbocycles. The van der Waals surface area contributed by atoms with Gasteiger partial charge >= 0.3 is 0 Å². The maximum atomic E-state index is 3.91. The van der Waals surface area contributed by atoms with Gasteiger partial charge < -0.3 is 0 Å². The van der Waals surface area contributed by atoms with Gasteiger partial charge in [0.1, 0.15) is 11.9 Å². The van der Waals surface area contributed by atoms with Gasteiger partial charge in [-0.1, -0.05) is 39.5 Å². The van der Waals surface area contributed by atoms with Crippen LogP contribution in [0.4, 0.5) is 0 Å². The molecule has 2 aromatic rings. The molecule has 19 heavy (non-hydrogen) atoms. The summed E-state index contributed by atoms with van der Waals surface area (Å²) >= 11 is 0. The van der Waals surface area contributed by atoms with Crippen LogP contribution >= 0.6 is 0 Å². The molecule has 100 valence electrons. The van der Waals surface area contributed by atoms with E-state index in [0.29, 0.717) is 5.92 Å². The highest BCUT2D eigenvalue weighted by atomic mass is 15.1. The zero-order chi connectivity index (χ0) is 13.8. The van der Waals surface area contributed by atoms with E-state index in [-0.39, 0.29) is 0 Å². The van der Waals surface area contributed by atoms with E-state index in [4.69, 9.17) is 0 Å². The summed E-state index contributed by atoms with van der Waals surface area (Å²) in [5, 5.41) is 0. The van der Waals surface area contributed by atoms with Crippen molar-refractivity contribution < 1.29 is 4.57 Å². The Morgan fingerprint density at radius 3 is 2.47 bits per heavy atom. The van der Waals surface area contributed by atoms with Crippen LogP contribution in [0, 0.1) is 5.92 Å². The van der Waals surface area contributed by atoms with Crippen molar-refractivity contribution in [1.82, 2.24) is 4.57 Å². The van der Waals surface area contributed by atoms with Gasteiger partial charge in [0.2, 0.25) is 6.33 Å². The summed E-state index contributed by atoms with van der Waals surface area (Å²) in [6.07, 6.45) is 7.29. The molecule has 0 aliphatic heterocycles. The summed E-state index contributed by atoms with van der Waals surface area (Å²) in [6, 6.07) is 8.72. The molecule has 0 aliphatic carbocycles. The monoisotopic (exact) mass is 255 g/mol. The zero-order valence-electron chi connectivity index (χ0n) is 12.1. The minimum absolute atomic E-state index is 0.640. The van der Waals surface area contributed by atoms with Crippen LogP contribution in [-0.4, -0.2) is 4.57 Å². The number of hydrogen-bond acceptors (Lipinski definition) is 0. The number of hydrogen-bond donors (Lipinski definition) is 0. The number of aromatic nitrogens is 2. The lowest BCUT2D eigenvalue weighted by Crippen LogP contribution is -2.33. The van der Waals surface area contributed by atoms with E-state index in [9.17, 15) is 0 Å². The van der Waals surface area contributed by atoms with Gasteiger partial charge in [0, 0.05) is 0 Å². The van der Waals surface area contributed by atoms with Crippen LogP contribution < -0.4 is 4.57 Å². The Balaban J connectivity index is 2.36. The standard InChI is InChI=1S/C17H23N2/c1-5-15-7-9-17(10-8-15)19-13-18(11-14(3)4)12-16(19)6-2/h6-10,12-14H,2,5,11H2,1,3-4H3/q+1. The van der Waals surface area contributed by atoms with Crippen LogP contribution in [0.5, 0.6) is 0 Å². The van der Waals surface area contributed by atoms with Crippen LogP contribution in [0.25, 0.3) is 11.8 Å². The van der Waals surface area contributed by atoms with Gasteiger partial charge in [0.25, 0.3) is 0 Å². The fraction of sp³-hybridized carbons (Fsp3) is 0.353. The zero-order valence-corrected chi connectivity index (χ0v) is 12.1. The lowest BCUT2D eigenvalue weighted by atomic mass is 10.1. The first kappa shape index (κ1) is 13.6. The van der Waals surface area contributed by atoms with Crippen LogP contribution in [0.15, 0.2) is 43.4 Å². The molecule has 0 bridgehead atoms. The number of nitrogens with zero attached hydrogens (tertiary/aromatic N) is 2. The van der Waals surface area contributed by atoms with Crippen molar-refractivity contribution in [2.45, 2.75) is 33.7 Å². The van der Waals surface area contributed by atoms with E-state index >= 15 is 0 Å². The Kier molecular flexibility index (Phi) is 4.20. The third-order valence-electron chi connectivity index (χ3n) is 3.25. The van der Waals surface area contributed by atoms with E-state index in [2.05, 4.69) is 73.3 Å². The fourth-order valence-electron chi connectivity index (χ4n) is 2.26. The Morgan fingerprint density at radius 1 is 1.26 bits per heavy atom. The third-order valence-corrected chi connectivity index (χ3v) is 3.25. The van der Waals surface area contributed by atoms with Crippen LogP contribution in [-0.2, 0) is 13.0 Å². The molecule has 0 unspecified atom stereocenters. The van der Waals surface area contributed by atoms with Crippen LogP contribution in [0.1, 0.15) is 32.0 Å². The molecule has 2 heteroatoms. The second kappa shape index (κ2) is 5.87. The third kappa shape index (κ3) is 3.14. The quantitative estimate of drug-likeness (QED) is 0.721. The summed E-state index contributed by atoms with van der Waals surface area (Å²) in [7, 11) is 0. The van der Waals surface area contributed by atoms with Gasteiger partial charge in [-0.3, -0.25) is 0 Å². The molecule has 0 amide bonds. The smallest absolute Gasteiger partial charge is 0.236 e. The summed E-state index contributed by atoms with van der Waals surface area (Å²) in [5.41, 5.74) is 3.69. The predicted octanol–water partition coefficient (Wildman–Crippen LogP) is 3.63. The minimum Gasteiger partial charge on any atom is -0.236 e. The van der Waals surface area contributed by atoms with Crippen molar-refractivity contribution >= 4 is 6.08 Å². The number of benzene rings is 1. The molecular weight excluding hydrogens is 232 g/mol. The highest BCUT2D eigenvalue weighted by Gasteiger charge is 2.13. The first-order chi connectivity index (χ1) is 9.13. The topological polar surface area (TPSA) is 8.81 Å². The van der Waals surface area contributed by atoms with Gasteiger partial charge in [-0.25, -0.2) is 4.57 Å². The lowest BCUT2D eigenvalue weighted by molar-refractivity contribution is -0.701. The second-order valence-corrected chi connectivity index (χ2v) is 5.35. The maximum absolute atomic E-state index is 3.91. The summed E-state index contributed by atoms with van der Waals surface area (Å²) in [6.45, 7) is 11.6. The molecule has 0 atom stereocenters.